The van der Waals surface area contributed by atoms with Gasteiger partial charge in [-0.1, -0.05) is 0 Å². The number of carbonyl (C=O) groups is 2. The molecule has 2 heterocycles. The number of aromatic nitrogens is 1. The Morgan fingerprint density at radius 3 is 3.00 bits per heavy atom. The summed E-state index contributed by atoms with van der Waals surface area (Å²) in [5, 5.41) is 22.8. The summed E-state index contributed by atoms with van der Waals surface area (Å²) in [5.74, 6) is -1.29. The van der Waals surface area contributed by atoms with Crippen LogP contribution in [0.5, 0.6) is 5.88 Å². The highest BCUT2D eigenvalue weighted by Crippen LogP contribution is 2.33. The van der Waals surface area contributed by atoms with Crippen molar-refractivity contribution in [3.63, 3.8) is 0 Å². The second kappa shape index (κ2) is 3.87. The Kier molecular flexibility index (Phi) is 2.44. The predicted molar refractivity (Wildman–Crippen MR) is 59.0 cm³/mol. The average Bonchev–Trinajstić information content (AvgIpc) is 3.03. The number of carbonyl (C=O) groups excluding carboxylic acids is 2. The highest BCUT2D eigenvalue weighted by molar-refractivity contribution is 7.04. The molecular formula is C10H8N2O5S. The molecule has 3 unspecified atom stereocenters. The van der Waals surface area contributed by atoms with Crippen molar-refractivity contribution in [2.24, 2.45) is 0 Å². The topological polar surface area (TPSA) is 112 Å². The van der Waals surface area contributed by atoms with E-state index in [9.17, 15) is 19.8 Å². The molecule has 3 rings (SSSR count). The van der Waals surface area contributed by atoms with E-state index in [2.05, 4.69) is 9.69 Å². The number of hydrogen-bond donors (Lipinski definition) is 3. The van der Waals surface area contributed by atoms with Gasteiger partial charge in [0.15, 0.2) is 5.78 Å². The summed E-state index contributed by atoms with van der Waals surface area (Å²) in [6.45, 7) is 0. The number of epoxide rings is 1. The van der Waals surface area contributed by atoms with Gasteiger partial charge in [-0.15, -0.1) is 0 Å². The number of fused-ring (bicyclic) bond motifs is 1. The van der Waals surface area contributed by atoms with Crippen LogP contribution in [-0.2, 0) is 9.53 Å². The van der Waals surface area contributed by atoms with E-state index in [4.69, 9.17) is 4.74 Å². The third-order valence-corrected chi connectivity index (χ3v) is 3.41. The summed E-state index contributed by atoms with van der Waals surface area (Å²) in [6, 6.07) is 0. The second-order valence-corrected chi connectivity index (χ2v) is 4.60. The van der Waals surface area contributed by atoms with Crippen LogP contribution < -0.4 is 5.32 Å². The van der Waals surface area contributed by atoms with Crippen LogP contribution >= 0.6 is 11.5 Å². The Morgan fingerprint density at radius 2 is 2.33 bits per heavy atom. The van der Waals surface area contributed by atoms with E-state index in [1.54, 1.807) is 0 Å². The molecule has 0 radical (unpaired) electrons. The zero-order valence-electron chi connectivity index (χ0n) is 8.86. The van der Waals surface area contributed by atoms with Crippen LogP contribution in [0.25, 0.3) is 0 Å². The lowest BCUT2D eigenvalue weighted by Gasteiger charge is -2.16. The zero-order chi connectivity index (χ0) is 12.9. The van der Waals surface area contributed by atoms with Crippen molar-refractivity contribution in [1.29, 1.82) is 0 Å². The maximum Gasteiger partial charge on any atom is 0.261 e. The van der Waals surface area contributed by atoms with Gasteiger partial charge in [0, 0.05) is 11.5 Å². The smallest absolute Gasteiger partial charge is 0.261 e. The first-order valence-corrected chi connectivity index (χ1v) is 5.95. The van der Waals surface area contributed by atoms with Gasteiger partial charge in [-0.05, 0) is 11.5 Å². The maximum absolute atomic E-state index is 11.8. The first-order valence-electron chi connectivity index (χ1n) is 5.11. The molecule has 94 valence electrons. The van der Waals surface area contributed by atoms with Crippen molar-refractivity contribution in [1.82, 2.24) is 9.69 Å². The summed E-state index contributed by atoms with van der Waals surface area (Å²) in [4.78, 5) is 23.2. The Hall–Kier alpha value is -1.77. The van der Waals surface area contributed by atoms with Gasteiger partial charge < -0.3 is 20.3 Å². The lowest BCUT2D eigenvalue weighted by molar-refractivity contribution is -0.116. The number of rotatable bonds is 2. The van der Waals surface area contributed by atoms with Crippen molar-refractivity contribution >= 4 is 23.2 Å². The molecule has 0 aromatic carbocycles. The van der Waals surface area contributed by atoms with E-state index < -0.39 is 24.2 Å². The molecule has 18 heavy (non-hydrogen) atoms. The standard InChI is InChI=1S/C10H8N2O5S/c13-5-1-4(6(14)8-7(5)17-8)11-9(15)3-2-18-12-10(3)16/h1-2,6-8,14H,(H,11,15)(H,12,16). The van der Waals surface area contributed by atoms with E-state index in [1.165, 1.54) is 5.38 Å². The van der Waals surface area contributed by atoms with Gasteiger partial charge in [0.05, 0.1) is 5.70 Å². The fraction of sp³-hybridized carbons (Fsp3) is 0.300. The monoisotopic (exact) mass is 268 g/mol. The third kappa shape index (κ3) is 1.70. The minimum absolute atomic E-state index is 0.000567. The molecule has 0 bridgehead atoms. The highest BCUT2D eigenvalue weighted by atomic mass is 32.1. The van der Waals surface area contributed by atoms with E-state index in [-0.39, 0.29) is 22.9 Å². The molecule has 3 atom stereocenters. The average molecular weight is 268 g/mol. The van der Waals surface area contributed by atoms with E-state index in [0.29, 0.717) is 0 Å². The highest BCUT2D eigenvalue weighted by Gasteiger charge is 2.53. The van der Waals surface area contributed by atoms with Crippen LogP contribution in [0, 0.1) is 0 Å². The number of hydrogen-bond acceptors (Lipinski definition) is 7. The van der Waals surface area contributed by atoms with Gasteiger partial charge in [-0.25, -0.2) is 0 Å². The summed E-state index contributed by atoms with van der Waals surface area (Å²) in [6.07, 6.45) is -1.05. The largest absolute Gasteiger partial charge is 0.492 e. The number of nitrogens with one attached hydrogen (secondary N) is 1. The Bertz CT molecular complexity index is 566. The number of nitrogens with zero attached hydrogens (tertiary/aromatic N) is 1. The molecule has 1 fully saturated rings. The quantitative estimate of drug-likeness (QED) is 0.604. The molecular weight excluding hydrogens is 260 g/mol. The Morgan fingerprint density at radius 1 is 1.56 bits per heavy atom. The van der Waals surface area contributed by atoms with Gasteiger partial charge in [-0.2, -0.15) is 4.37 Å². The molecule has 1 aliphatic heterocycles. The molecule has 1 saturated heterocycles. The Balaban J connectivity index is 1.79. The van der Waals surface area contributed by atoms with E-state index in [1.807, 2.05) is 0 Å². The number of ether oxygens (including phenoxy) is 1. The second-order valence-electron chi connectivity index (χ2n) is 3.97. The lowest BCUT2D eigenvalue weighted by atomic mass is 10.0. The molecule has 0 spiro atoms. The fourth-order valence-corrected chi connectivity index (χ4v) is 2.35. The molecule has 1 aliphatic carbocycles. The molecule has 2 aliphatic rings. The molecule has 8 heteroatoms. The van der Waals surface area contributed by atoms with Gasteiger partial charge in [0.25, 0.3) is 5.91 Å². The molecule has 1 amide bonds. The molecule has 1 aromatic heterocycles. The van der Waals surface area contributed by atoms with Crippen molar-refractivity contribution < 1.29 is 24.5 Å². The van der Waals surface area contributed by atoms with Gasteiger partial charge >= 0.3 is 0 Å². The zero-order valence-corrected chi connectivity index (χ0v) is 9.68. The van der Waals surface area contributed by atoms with E-state index in [0.717, 1.165) is 17.6 Å². The first kappa shape index (κ1) is 11.3. The number of aromatic hydroxyl groups is 1. The van der Waals surface area contributed by atoms with Crippen LogP contribution in [0.15, 0.2) is 17.2 Å². The minimum atomic E-state index is -1.04. The minimum Gasteiger partial charge on any atom is -0.492 e. The number of amides is 1. The van der Waals surface area contributed by atoms with Crippen molar-refractivity contribution in [2.75, 3.05) is 0 Å². The molecule has 7 nitrogen and oxygen atoms in total. The summed E-state index contributed by atoms with van der Waals surface area (Å²) in [7, 11) is 0. The van der Waals surface area contributed by atoms with Crippen LogP contribution in [0.2, 0.25) is 0 Å². The lowest BCUT2D eigenvalue weighted by Crippen LogP contribution is -2.37. The molecule has 1 aromatic rings. The first-order chi connectivity index (χ1) is 8.58. The number of aliphatic hydroxyl groups excluding tert-OH is 1. The van der Waals surface area contributed by atoms with Gasteiger partial charge in [0.2, 0.25) is 5.88 Å². The summed E-state index contributed by atoms with van der Waals surface area (Å²) < 4.78 is 8.52. The normalized spacial score (nSPS) is 29.5. The van der Waals surface area contributed by atoms with Gasteiger partial charge in [-0.3, -0.25) is 9.59 Å². The van der Waals surface area contributed by atoms with Crippen LogP contribution in [0.3, 0.4) is 0 Å². The van der Waals surface area contributed by atoms with Crippen LogP contribution in [0.4, 0.5) is 0 Å². The van der Waals surface area contributed by atoms with Crippen molar-refractivity contribution in [2.45, 2.75) is 18.3 Å². The summed E-state index contributed by atoms with van der Waals surface area (Å²) in [5.41, 5.74) is 0.0775. The van der Waals surface area contributed by atoms with Crippen molar-refractivity contribution in [3.05, 3.63) is 22.7 Å². The number of aliphatic hydroxyl groups is 1. The third-order valence-electron chi connectivity index (χ3n) is 2.79. The van der Waals surface area contributed by atoms with Crippen LogP contribution in [0.1, 0.15) is 10.4 Å². The van der Waals surface area contributed by atoms with Crippen LogP contribution in [-0.4, -0.2) is 44.6 Å². The number of ketones is 1. The fourth-order valence-electron chi connectivity index (χ4n) is 1.79. The molecule has 3 N–H and O–H groups in total. The molecule has 0 saturated carbocycles. The summed E-state index contributed by atoms with van der Waals surface area (Å²) >= 11 is 0.932. The SMILES string of the molecule is O=C(NC1=CC(=O)C2OC2C1O)c1csnc1O. The van der Waals surface area contributed by atoms with E-state index >= 15 is 0 Å². The predicted octanol–water partition coefficient (Wildman–Crippen LogP) is -0.827. The van der Waals surface area contributed by atoms with Crippen molar-refractivity contribution in [3.8, 4) is 5.88 Å². The maximum atomic E-state index is 11.8. The Labute approximate surface area is 105 Å². The van der Waals surface area contributed by atoms with Gasteiger partial charge in [0.1, 0.15) is 23.9 Å².